The Morgan fingerprint density at radius 3 is 2.67 bits per heavy atom. The zero-order valence-corrected chi connectivity index (χ0v) is 14.4. The molecule has 1 aliphatic rings. The topological polar surface area (TPSA) is 27.8 Å². The van der Waals surface area contributed by atoms with Crippen molar-refractivity contribution in [1.29, 1.82) is 0 Å². The minimum Gasteiger partial charge on any atom is -0.357 e. The highest BCUT2D eigenvalue weighted by atomic mass is 14.9. The van der Waals surface area contributed by atoms with Crippen LogP contribution in [0.3, 0.4) is 0 Å². The number of H-pyrrole nitrogens is 1. The number of aromatic amines is 1. The van der Waals surface area contributed by atoms with Gasteiger partial charge in [0.15, 0.2) is 0 Å². The molecule has 24 heavy (non-hydrogen) atoms. The fourth-order valence-electron chi connectivity index (χ4n) is 3.95. The third-order valence-electron chi connectivity index (χ3n) is 5.35. The minimum atomic E-state index is 0.469. The van der Waals surface area contributed by atoms with Crippen LogP contribution in [0.25, 0.3) is 10.9 Å². The van der Waals surface area contributed by atoms with Gasteiger partial charge in [-0.15, -0.1) is 0 Å². The van der Waals surface area contributed by atoms with Gasteiger partial charge < -0.3 is 10.3 Å². The lowest BCUT2D eigenvalue weighted by molar-refractivity contribution is 0.456. The Hall–Kier alpha value is -2.06. The zero-order chi connectivity index (χ0) is 16.4. The van der Waals surface area contributed by atoms with Gasteiger partial charge in [0.1, 0.15) is 0 Å². The van der Waals surface area contributed by atoms with E-state index in [1.165, 1.54) is 52.5 Å². The van der Waals surface area contributed by atoms with Gasteiger partial charge in [0.25, 0.3) is 0 Å². The van der Waals surface area contributed by atoms with Gasteiger partial charge in [-0.1, -0.05) is 49.4 Å². The predicted molar refractivity (Wildman–Crippen MR) is 102 cm³/mol. The van der Waals surface area contributed by atoms with Crippen molar-refractivity contribution in [2.75, 3.05) is 6.54 Å². The molecule has 0 radical (unpaired) electrons. The van der Waals surface area contributed by atoms with Gasteiger partial charge in [0.2, 0.25) is 0 Å². The number of para-hydroxylation sites is 1. The third-order valence-corrected chi connectivity index (χ3v) is 5.35. The van der Waals surface area contributed by atoms with Crippen LogP contribution >= 0.6 is 0 Å². The van der Waals surface area contributed by atoms with Crippen molar-refractivity contribution in [1.82, 2.24) is 10.3 Å². The maximum atomic E-state index is 3.78. The van der Waals surface area contributed by atoms with Crippen LogP contribution in [-0.4, -0.2) is 11.5 Å². The first-order valence-corrected chi connectivity index (χ1v) is 9.26. The third kappa shape index (κ3) is 2.99. The molecule has 0 bridgehead atoms. The van der Waals surface area contributed by atoms with Crippen molar-refractivity contribution in [2.45, 2.75) is 45.1 Å². The summed E-state index contributed by atoms with van der Waals surface area (Å²) in [5.74, 6) is 0. The van der Waals surface area contributed by atoms with E-state index in [1.54, 1.807) is 0 Å². The summed E-state index contributed by atoms with van der Waals surface area (Å²) >= 11 is 0. The van der Waals surface area contributed by atoms with Crippen LogP contribution in [0.1, 0.15) is 48.2 Å². The summed E-state index contributed by atoms with van der Waals surface area (Å²) in [7, 11) is 0. The standard InChI is InChI=1S/C22H26N2/c1-2-16-10-12-17(13-11-16)14-15-23-21-9-5-7-19-18-6-3-4-8-20(18)24-22(19)21/h3-4,6,8,10-13,21,23-24H,2,5,7,9,14-15H2,1H3. The average molecular weight is 318 g/mol. The van der Waals surface area contributed by atoms with Gasteiger partial charge in [-0.05, 0) is 61.4 Å². The second-order valence-electron chi connectivity index (χ2n) is 6.88. The van der Waals surface area contributed by atoms with Gasteiger partial charge in [-0.3, -0.25) is 0 Å². The molecule has 0 saturated carbocycles. The number of rotatable bonds is 5. The molecule has 1 heterocycles. The predicted octanol–water partition coefficient (Wildman–Crippen LogP) is 4.94. The molecule has 4 rings (SSSR count). The minimum absolute atomic E-state index is 0.469. The van der Waals surface area contributed by atoms with Crippen molar-refractivity contribution < 1.29 is 0 Å². The smallest absolute Gasteiger partial charge is 0.0476 e. The number of fused-ring (bicyclic) bond motifs is 3. The molecule has 0 fully saturated rings. The Kier molecular flexibility index (Phi) is 4.40. The second kappa shape index (κ2) is 6.82. The van der Waals surface area contributed by atoms with E-state index in [1.807, 2.05) is 0 Å². The van der Waals surface area contributed by atoms with Gasteiger partial charge >= 0.3 is 0 Å². The molecule has 0 saturated heterocycles. The van der Waals surface area contributed by atoms with Gasteiger partial charge in [0, 0.05) is 22.6 Å². The number of aryl methyl sites for hydroxylation is 2. The maximum absolute atomic E-state index is 3.78. The summed E-state index contributed by atoms with van der Waals surface area (Å²) in [6.45, 7) is 3.24. The molecule has 2 nitrogen and oxygen atoms in total. The molecular formula is C22H26N2. The van der Waals surface area contributed by atoms with E-state index < -0.39 is 0 Å². The Morgan fingerprint density at radius 1 is 1.04 bits per heavy atom. The molecule has 1 unspecified atom stereocenters. The Bertz CT molecular complexity index is 814. The van der Waals surface area contributed by atoms with Crippen molar-refractivity contribution in [3.8, 4) is 0 Å². The van der Waals surface area contributed by atoms with Crippen LogP contribution in [0.2, 0.25) is 0 Å². The Balaban J connectivity index is 1.44. The summed E-state index contributed by atoms with van der Waals surface area (Å²) < 4.78 is 0. The number of hydrogen-bond acceptors (Lipinski definition) is 1. The number of hydrogen-bond donors (Lipinski definition) is 2. The summed E-state index contributed by atoms with van der Waals surface area (Å²) in [5, 5.41) is 5.20. The first kappa shape index (κ1) is 15.5. The normalized spacial score (nSPS) is 17.1. The highest BCUT2D eigenvalue weighted by Gasteiger charge is 2.23. The molecule has 0 spiro atoms. The summed E-state index contributed by atoms with van der Waals surface area (Å²) in [5.41, 5.74) is 7.07. The monoisotopic (exact) mass is 318 g/mol. The van der Waals surface area contributed by atoms with E-state index in [0.29, 0.717) is 6.04 Å². The summed E-state index contributed by atoms with van der Waals surface area (Å²) in [6.07, 6.45) is 5.92. The molecule has 1 atom stereocenters. The highest BCUT2D eigenvalue weighted by molar-refractivity contribution is 5.85. The SMILES string of the molecule is CCc1ccc(CCNC2CCCc3c2[nH]c2ccccc32)cc1. The van der Waals surface area contributed by atoms with E-state index in [9.17, 15) is 0 Å². The number of aromatic nitrogens is 1. The number of nitrogens with one attached hydrogen (secondary N) is 2. The molecule has 124 valence electrons. The lowest BCUT2D eigenvalue weighted by Crippen LogP contribution is -2.27. The van der Waals surface area contributed by atoms with Gasteiger partial charge in [-0.25, -0.2) is 0 Å². The van der Waals surface area contributed by atoms with Crippen LogP contribution in [0.5, 0.6) is 0 Å². The molecule has 1 aliphatic carbocycles. The van der Waals surface area contributed by atoms with Gasteiger partial charge in [0.05, 0.1) is 0 Å². The van der Waals surface area contributed by atoms with Crippen LogP contribution in [0.4, 0.5) is 0 Å². The zero-order valence-electron chi connectivity index (χ0n) is 14.4. The first-order chi connectivity index (χ1) is 11.8. The molecular weight excluding hydrogens is 292 g/mol. The molecule has 1 aromatic heterocycles. The van der Waals surface area contributed by atoms with Gasteiger partial charge in [-0.2, -0.15) is 0 Å². The Morgan fingerprint density at radius 2 is 1.83 bits per heavy atom. The molecule has 3 aromatic rings. The van der Waals surface area contributed by atoms with E-state index in [2.05, 4.69) is 65.8 Å². The van der Waals surface area contributed by atoms with E-state index in [4.69, 9.17) is 0 Å². The molecule has 0 amide bonds. The lowest BCUT2D eigenvalue weighted by atomic mass is 9.91. The van der Waals surface area contributed by atoms with Crippen molar-refractivity contribution in [2.24, 2.45) is 0 Å². The van der Waals surface area contributed by atoms with E-state index in [0.717, 1.165) is 19.4 Å². The second-order valence-corrected chi connectivity index (χ2v) is 6.88. The highest BCUT2D eigenvalue weighted by Crippen LogP contribution is 2.34. The fourth-order valence-corrected chi connectivity index (χ4v) is 3.95. The van der Waals surface area contributed by atoms with E-state index in [-0.39, 0.29) is 0 Å². The van der Waals surface area contributed by atoms with Crippen LogP contribution in [-0.2, 0) is 19.3 Å². The molecule has 0 aliphatic heterocycles. The van der Waals surface area contributed by atoms with Crippen LogP contribution in [0, 0.1) is 0 Å². The maximum Gasteiger partial charge on any atom is 0.0476 e. The van der Waals surface area contributed by atoms with Crippen LogP contribution in [0.15, 0.2) is 48.5 Å². The lowest BCUT2D eigenvalue weighted by Gasteiger charge is -2.24. The quantitative estimate of drug-likeness (QED) is 0.685. The van der Waals surface area contributed by atoms with Crippen molar-refractivity contribution >= 4 is 10.9 Å². The van der Waals surface area contributed by atoms with Crippen LogP contribution < -0.4 is 5.32 Å². The summed E-state index contributed by atoms with van der Waals surface area (Å²) in [6, 6.07) is 18.2. The first-order valence-electron chi connectivity index (χ1n) is 9.26. The molecule has 2 aromatic carbocycles. The molecule has 2 N–H and O–H groups in total. The fraction of sp³-hybridized carbons (Fsp3) is 0.364. The van der Waals surface area contributed by atoms with E-state index >= 15 is 0 Å². The van der Waals surface area contributed by atoms with Crippen molar-refractivity contribution in [3.05, 3.63) is 70.9 Å². The average Bonchev–Trinajstić information content (AvgIpc) is 3.02. The largest absolute Gasteiger partial charge is 0.357 e. The Labute approximate surface area is 144 Å². The van der Waals surface area contributed by atoms with Crippen molar-refractivity contribution in [3.63, 3.8) is 0 Å². The molecule has 2 heteroatoms. The summed E-state index contributed by atoms with van der Waals surface area (Å²) in [4.78, 5) is 3.67. The number of benzene rings is 2.